The van der Waals surface area contributed by atoms with Gasteiger partial charge in [-0.15, -0.1) is 0 Å². The summed E-state index contributed by atoms with van der Waals surface area (Å²) in [5.74, 6) is -0.410. The molecule has 1 amide bonds. The standard InChI is InChI=1S/C25H26FN3O5S/c1-3-33-23-15-14-19(16-24(23)34-4-2)17-27-28-25(30)18-29(22-13-9-8-12-21(22)26)35(31,32)20-10-6-5-7-11-20/h5-17H,3-4,18H2,1-2H3,(H,28,30)/b27-17+. The van der Waals surface area contributed by atoms with Gasteiger partial charge in [0.05, 0.1) is 30.0 Å². The lowest BCUT2D eigenvalue weighted by atomic mass is 10.2. The van der Waals surface area contributed by atoms with Gasteiger partial charge in [0.1, 0.15) is 12.4 Å². The van der Waals surface area contributed by atoms with Gasteiger partial charge in [0.15, 0.2) is 11.5 Å². The maximum absolute atomic E-state index is 14.5. The van der Waals surface area contributed by atoms with E-state index in [1.165, 1.54) is 36.5 Å². The summed E-state index contributed by atoms with van der Waals surface area (Å²) in [7, 11) is -4.22. The third kappa shape index (κ3) is 6.57. The highest BCUT2D eigenvalue weighted by Gasteiger charge is 2.28. The first kappa shape index (κ1) is 25.7. The first-order valence-electron chi connectivity index (χ1n) is 10.9. The van der Waals surface area contributed by atoms with Gasteiger partial charge in [-0.1, -0.05) is 30.3 Å². The molecule has 0 aliphatic rings. The lowest BCUT2D eigenvalue weighted by Crippen LogP contribution is -2.40. The fourth-order valence-corrected chi connectivity index (χ4v) is 4.62. The fourth-order valence-electron chi connectivity index (χ4n) is 3.17. The van der Waals surface area contributed by atoms with E-state index in [1.807, 2.05) is 13.8 Å². The molecule has 0 spiro atoms. The Morgan fingerprint density at radius 3 is 2.31 bits per heavy atom. The summed E-state index contributed by atoms with van der Waals surface area (Å²) in [5, 5.41) is 3.91. The second-order valence-corrected chi connectivity index (χ2v) is 9.00. The molecule has 184 valence electrons. The summed E-state index contributed by atoms with van der Waals surface area (Å²) in [5.41, 5.74) is 2.67. The van der Waals surface area contributed by atoms with E-state index in [0.29, 0.717) is 34.6 Å². The molecule has 8 nitrogen and oxygen atoms in total. The van der Waals surface area contributed by atoms with Gasteiger partial charge in [0.2, 0.25) is 0 Å². The van der Waals surface area contributed by atoms with Gasteiger partial charge in [-0.2, -0.15) is 5.10 Å². The molecule has 3 aromatic carbocycles. The Balaban J connectivity index is 1.79. The number of hydrogen-bond donors (Lipinski definition) is 1. The summed E-state index contributed by atoms with van der Waals surface area (Å²) >= 11 is 0. The number of nitrogens with zero attached hydrogens (tertiary/aromatic N) is 2. The molecular weight excluding hydrogens is 473 g/mol. The molecule has 0 unspecified atom stereocenters. The predicted octanol–water partition coefficient (Wildman–Crippen LogP) is 3.97. The van der Waals surface area contributed by atoms with E-state index in [2.05, 4.69) is 10.5 Å². The second-order valence-electron chi connectivity index (χ2n) is 7.14. The number of carbonyl (C=O) groups is 1. The highest BCUT2D eigenvalue weighted by molar-refractivity contribution is 7.92. The zero-order valence-corrected chi connectivity index (χ0v) is 20.2. The van der Waals surface area contributed by atoms with E-state index in [0.717, 1.165) is 6.07 Å². The van der Waals surface area contributed by atoms with Crippen LogP contribution in [0.4, 0.5) is 10.1 Å². The number of rotatable bonds is 11. The van der Waals surface area contributed by atoms with E-state index >= 15 is 0 Å². The van der Waals surface area contributed by atoms with Crippen molar-refractivity contribution in [3.05, 3.63) is 84.2 Å². The molecule has 0 saturated carbocycles. The normalized spacial score (nSPS) is 11.3. The van der Waals surface area contributed by atoms with Crippen molar-refractivity contribution < 1.29 is 27.1 Å². The van der Waals surface area contributed by atoms with E-state index < -0.39 is 28.3 Å². The van der Waals surface area contributed by atoms with E-state index in [9.17, 15) is 17.6 Å². The van der Waals surface area contributed by atoms with Crippen LogP contribution in [0.3, 0.4) is 0 Å². The van der Waals surface area contributed by atoms with Gasteiger partial charge in [0, 0.05) is 0 Å². The van der Waals surface area contributed by atoms with Gasteiger partial charge < -0.3 is 9.47 Å². The molecule has 0 saturated heterocycles. The molecule has 0 radical (unpaired) electrons. The van der Waals surface area contributed by atoms with Crippen LogP contribution < -0.4 is 19.2 Å². The van der Waals surface area contributed by atoms with Crippen LogP contribution in [0, 0.1) is 5.82 Å². The predicted molar refractivity (Wildman–Crippen MR) is 132 cm³/mol. The van der Waals surface area contributed by atoms with Crippen molar-refractivity contribution in [2.75, 3.05) is 24.1 Å². The second kappa shape index (κ2) is 12.0. The average molecular weight is 500 g/mol. The molecule has 3 aromatic rings. The summed E-state index contributed by atoms with van der Waals surface area (Å²) in [6, 6.07) is 18.0. The van der Waals surface area contributed by atoms with E-state index in [1.54, 1.807) is 36.4 Å². The van der Waals surface area contributed by atoms with Crippen molar-refractivity contribution >= 4 is 27.8 Å². The van der Waals surface area contributed by atoms with Crippen LogP contribution in [0.15, 0.2) is 82.8 Å². The van der Waals surface area contributed by atoms with E-state index in [-0.39, 0.29) is 10.6 Å². The molecular formula is C25H26FN3O5S. The Morgan fingerprint density at radius 2 is 1.63 bits per heavy atom. The van der Waals surface area contributed by atoms with Crippen LogP contribution in [0.1, 0.15) is 19.4 Å². The molecule has 1 N–H and O–H groups in total. The number of carbonyl (C=O) groups excluding carboxylic acids is 1. The van der Waals surface area contributed by atoms with Crippen molar-refractivity contribution in [3.63, 3.8) is 0 Å². The topological polar surface area (TPSA) is 97.3 Å². The van der Waals surface area contributed by atoms with Crippen LogP contribution in [0.2, 0.25) is 0 Å². The van der Waals surface area contributed by atoms with Crippen molar-refractivity contribution in [2.24, 2.45) is 5.10 Å². The molecule has 0 aliphatic carbocycles. The molecule has 0 fully saturated rings. The quantitative estimate of drug-likeness (QED) is 0.318. The molecule has 0 bridgehead atoms. The van der Waals surface area contributed by atoms with Gasteiger partial charge in [-0.3, -0.25) is 9.10 Å². The Morgan fingerprint density at radius 1 is 0.971 bits per heavy atom. The molecule has 35 heavy (non-hydrogen) atoms. The Hall–Kier alpha value is -3.92. The Bertz CT molecular complexity index is 1280. The van der Waals surface area contributed by atoms with Crippen molar-refractivity contribution in [2.45, 2.75) is 18.7 Å². The average Bonchev–Trinajstić information content (AvgIpc) is 2.85. The number of halogens is 1. The molecule has 0 aliphatic heterocycles. The lowest BCUT2D eigenvalue weighted by molar-refractivity contribution is -0.119. The lowest BCUT2D eigenvalue weighted by Gasteiger charge is -2.24. The zero-order chi connectivity index (χ0) is 25.3. The van der Waals surface area contributed by atoms with Crippen molar-refractivity contribution in [3.8, 4) is 11.5 Å². The summed E-state index contributed by atoms with van der Waals surface area (Å²) in [6.07, 6.45) is 1.38. The van der Waals surface area contributed by atoms with Crippen molar-refractivity contribution in [1.82, 2.24) is 5.43 Å². The largest absolute Gasteiger partial charge is 0.490 e. The number of para-hydroxylation sites is 1. The van der Waals surface area contributed by atoms with Gasteiger partial charge in [-0.05, 0) is 61.9 Å². The molecule has 0 atom stereocenters. The zero-order valence-electron chi connectivity index (χ0n) is 19.3. The van der Waals surface area contributed by atoms with Gasteiger partial charge >= 0.3 is 0 Å². The molecule has 0 heterocycles. The number of hydrogen-bond acceptors (Lipinski definition) is 6. The van der Waals surface area contributed by atoms with E-state index in [4.69, 9.17) is 9.47 Å². The highest BCUT2D eigenvalue weighted by atomic mass is 32.2. The number of anilines is 1. The summed E-state index contributed by atoms with van der Waals surface area (Å²) < 4.78 is 52.7. The third-order valence-electron chi connectivity index (χ3n) is 4.71. The van der Waals surface area contributed by atoms with Crippen LogP contribution in [0.25, 0.3) is 0 Å². The monoisotopic (exact) mass is 499 g/mol. The van der Waals surface area contributed by atoms with Gasteiger partial charge in [-0.25, -0.2) is 18.2 Å². The number of nitrogens with one attached hydrogen (secondary N) is 1. The summed E-state index contributed by atoms with van der Waals surface area (Å²) in [4.78, 5) is 12.5. The minimum Gasteiger partial charge on any atom is -0.490 e. The number of sulfonamides is 1. The Labute approximate surface area is 204 Å². The fraction of sp³-hybridized carbons (Fsp3) is 0.200. The first-order chi connectivity index (χ1) is 16.9. The maximum Gasteiger partial charge on any atom is 0.264 e. The minimum atomic E-state index is -4.22. The van der Waals surface area contributed by atoms with Crippen LogP contribution >= 0.6 is 0 Å². The number of benzene rings is 3. The van der Waals surface area contributed by atoms with Gasteiger partial charge in [0.25, 0.3) is 15.9 Å². The van der Waals surface area contributed by atoms with Crippen molar-refractivity contribution in [1.29, 1.82) is 0 Å². The first-order valence-corrected chi connectivity index (χ1v) is 12.3. The smallest absolute Gasteiger partial charge is 0.264 e. The molecule has 0 aromatic heterocycles. The Kier molecular flexibility index (Phi) is 8.80. The minimum absolute atomic E-state index is 0.0719. The third-order valence-corrected chi connectivity index (χ3v) is 6.48. The van der Waals surface area contributed by atoms with Crippen LogP contribution in [-0.2, 0) is 14.8 Å². The highest BCUT2D eigenvalue weighted by Crippen LogP contribution is 2.28. The summed E-state index contributed by atoms with van der Waals surface area (Å²) in [6.45, 7) is 3.96. The SMILES string of the molecule is CCOc1ccc(/C=N/NC(=O)CN(c2ccccc2F)S(=O)(=O)c2ccccc2)cc1OCC. The number of ether oxygens (including phenoxy) is 2. The molecule has 10 heteroatoms. The van der Waals surface area contributed by atoms with Crippen LogP contribution in [0.5, 0.6) is 11.5 Å². The number of amides is 1. The molecule has 3 rings (SSSR count). The number of hydrazone groups is 1. The van der Waals surface area contributed by atoms with Crippen LogP contribution in [-0.4, -0.2) is 40.3 Å². The maximum atomic E-state index is 14.5.